The first kappa shape index (κ1) is 17.8. The molecule has 2 aliphatic rings. The summed E-state index contributed by atoms with van der Waals surface area (Å²) in [5.74, 6) is 1.62. The number of ether oxygens (including phenoxy) is 1. The van der Waals surface area contributed by atoms with Crippen LogP contribution in [0.25, 0.3) is 0 Å². The SMILES string of the molecule is O=C1C[C@@H](c2cccnc2N2CCOCC2)c2cnn(Cc3ccncc3)c2N1. The highest BCUT2D eigenvalue weighted by atomic mass is 16.5. The summed E-state index contributed by atoms with van der Waals surface area (Å²) in [5, 5.41) is 7.59. The van der Waals surface area contributed by atoms with Crippen LogP contribution in [0.2, 0.25) is 0 Å². The molecule has 8 nitrogen and oxygen atoms in total. The summed E-state index contributed by atoms with van der Waals surface area (Å²) >= 11 is 0. The van der Waals surface area contributed by atoms with E-state index in [4.69, 9.17) is 4.74 Å². The molecule has 3 aromatic heterocycles. The number of carbonyl (C=O) groups is 1. The largest absolute Gasteiger partial charge is 0.378 e. The Morgan fingerprint density at radius 1 is 1.10 bits per heavy atom. The van der Waals surface area contributed by atoms with Crippen molar-refractivity contribution in [2.75, 3.05) is 36.5 Å². The fourth-order valence-corrected chi connectivity index (χ4v) is 4.05. The van der Waals surface area contributed by atoms with Crippen LogP contribution in [-0.4, -0.2) is 52.0 Å². The highest BCUT2D eigenvalue weighted by Gasteiger charge is 2.32. The van der Waals surface area contributed by atoms with E-state index in [9.17, 15) is 4.79 Å². The second kappa shape index (κ2) is 7.63. The molecule has 1 saturated heterocycles. The Hall–Kier alpha value is -3.26. The number of fused-ring (bicyclic) bond motifs is 1. The number of morpholine rings is 1. The van der Waals surface area contributed by atoms with E-state index in [0.29, 0.717) is 26.2 Å². The molecule has 1 fully saturated rings. The van der Waals surface area contributed by atoms with E-state index in [2.05, 4.69) is 31.3 Å². The maximum absolute atomic E-state index is 12.6. The minimum Gasteiger partial charge on any atom is -0.378 e. The zero-order valence-electron chi connectivity index (χ0n) is 16.0. The normalized spacial score (nSPS) is 19.0. The second-order valence-corrected chi connectivity index (χ2v) is 7.28. The van der Waals surface area contributed by atoms with E-state index in [1.54, 1.807) is 12.4 Å². The van der Waals surface area contributed by atoms with Crippen molar-refractivity contribution in [2.45, 2.75) is 18.9 Å². The average molecular weight is 390 g/mol. The van der Waals surface area contributed by atoms with E-state index in [-0.39, 0.29) is 11.8 Å². The Morgan fingerprint density at radius 2 is 1.93 bits per heavy atom. The molecule has 29 heavy (non-hydrogen) atoms. The van der Waals surface area contributed by atoms with E-state index in [1.807, 2.05) is 35.3 Å². The molecular weight excluding hydrogens is 368 g/mol. The zero-order chi connectivity index (χ0) is 19.6. The van der Waals surface area contributed by atoms with Crippen molar-refractivity contribution >= 4 is 17.5 Å². The first-order chi connectivity index (χ1) is 14.3. The lowest BCUT2D eigenvalue weighted by Gasteiger charge is -2.32. The molecule has 0 aromatic carbocycles. The van der Waals surface area contributed by atoms with Crippen LogP contribution in [0.4, 0.5) is 11.6 Å². The standard InChI is InChI=1S/C21H22N6O2/c28-19-12-17(16-2-1-5-23-20(16)26-8-10-29-11-9-26)18-13-24-27(21(18)25-19)14-15-3-6-22-7-4-15/h1-7,13,17H,8-12,14H2,(H,25,28)/t17-/m0/s1. The first-order valence-corrected chi connectivity index (χ1v) is 9.81. The molecule has 2 aliphatic heterocycles. The van der Waals surface area contributed by atoms with Crippen molar-refractivity contribution in [3.05, 3.63) is 65.7 Å². The molecule has 0 spiro atoms. The summed E-state index contributed by atoms with van der Waals surface area (Å²) < 4.78 is 7.34. The van der Waals surface area contributed by atoms with Gasteiger partial charge in [-0.3, -0.25) is 9.78 Å². The zero-order valence-corrected chi connectivity index (χ0v) is 16.0. The van der Waals surface area contributed by atoms with E-state index in [0.717, 1.165) is 41.4 Å². The van der Waals surface area contributed by atoms with Gasteiger partial charge in [-0.25, -0.2) is 9.67 Å². The second-order valence-electron chi connectivity index (χ2n) is 7.28. The van der Waals surface area contributed by atoms with Gasteiger partial charge in [0.15, 0.2) is 0 Å². The maximum Gasteiger partial charge on any atom is 0.226 e. The molecule has 5 rings (SSSR count). The van der Waals surface area contributed by atoms with Gasteiger partial charge in [0.25, 0.3) is 0 Å². The van der Waals surface area contributed by atoms with Gasteiger partial charge in [0.2, 0.25) is 5.91 Å². The van der Waals surface area contributed by atoms with Gasteiger partial charge in [-0.1, -0.05) is 6.07 Å². The number of carbonyl (C=O) groups excluding carboxylic acids is 1. The summed E-state index contributed by atoms with van der Waals surface area (Å²) in [5.41, 5.74) is 3.17. The Morgan fingerprint density at radius 3 is 2.76 bits per heavy atom. The number of amides is 1. The van der Waals surface area contributed by atoms with Crippen LogP contribution in [0, 0.1) is 0 Å². The molecule has 0 bridgehead atoms. The summed E-state index contributed by atoms with van der Waals surface area (Å²) in [7, 11) is 0. The topological polar surface area (TPSA) is 85.2 Å². The lowest BCUT2D eigenvalue weighted by atomic mass is 9.87. The van der Waals surface area contributed by atoms with Crippen molar-refractivity contribution in [3.8, 4) is 0 Å². The fourth-order valence-electron chi connectivity index (χ4n) is 4.05. The third-order valence-corrected chi connectivity index (χ3v) is 5.48. The Labute approximate surface area is 168 Å². The summed E-state index contributed by atoms with van der Waals surface area (Å²) in [6, 6.07) is 7.92. The van der Waals surface area contributed by atoms with Gasteiger partial charge in [0.1, 0.15) is 11.6 Å². The van der Waals surface area contributed by atoms with Crippen LogP contribution in [0.3, 0.4) is 0 Å². The number of hydrogen-bond donors (Lipinski definition) is 1. The maximum atomic E-state index is 12.6. The van der Waals surface area contributed by atoms with E-state index < -0.39 is 0 Å². The van der Waals surface area contributed by atoms with Gasteiger partial charge in [-0.05, 0) is 23.8 Å². The molecule has 0 radical (unpaired) electrons. The highest BCUT2D eigenvalue weighted by molar-refractivity contribution is 5.94. The summed E-state index contributed by atoms with van der Waals surface area (Å²) in [4.78, 5) is 23.5. The van der Waals surface area contributed by atoms with Crippen molar-refractivity contribution in [1.29, 1.82) is 0 Å². The number of aromatic nitrogens is 4. The van der Waals surface area contributed by atoms with E-state index in [1.165, 1.54) is 0 Å². The Balaban J connectivity index is 1.52. The van der Waals surface area contributed by atoms with Gasteiger partial charge >= 0.3 is 0 Å². The van der Waals surface area contributed by atoms with Crippen molar-refractivity contribution < 1.29 is 9.53 Å². The molecule has 0 aliphatic carbocycles. The average Bonchev–Trinajstić information content (AvgIpc) is 3.17. The molecule has 148 valence electrons. The molecule has 0 unspecified atom stereocenters. The minimum atomic E-state index is -0.0727. The molecule has 8 heteroatoms. The number of nitrogens with one attached hydrogen (secondary N) is 1. The third-order valence-electron chi connectivity index (χ3n) is 5.48. The van der Waals surface area contributed by atoms with Gasteiger partial charge in [-0.2, -0.15) is 5.10 Å². The Kier molecular flexibility index (Phi) is 4.69. The Bertz CT molecular complexity index is 1010. The summed E-state index contributed by atoms with van der Waals surface area (Å²) in [6.07, 6.45) is 7.59. The molecule has 1 amide bonds. The monoisotopic (exact) mass is 390 g/mol. The highest BCUT2D eigenvalue weighted by Crippen LogP contribution is 2.40. The van der Waals surface area contributed by atoms with Crippen LogP contribution >= 0.6 is 0 Å². The lowest BCUT2D eigenvalue weighted by molar-refractivity contribution is -0.116. The number of rotatable bonds is 4. The fraction of sp³-hybridized carbons (Fsp3) is 0.333. The predicted molar refractivity (Wildman–Crippen MR) is 108 cm³/mol. The molecule has 1 atom stereocenters. The number of pyridine rings is 2. The van der Waals surface area contributed by atoms with Crippen LogP contribution in [-0.2, 0) is 16.1 Å². The molecule has 1 N–H and O–H groups in total. The van der Waals surface area contributed by atoms with Gasteiger partial charge < -0.3 is 15.0 Å². The van der Waals surface area contributed by atoms with Crippen LogP contribution < -0.4 is 10.2 Å². The van der Waals surface area contributed by atoms with Gasteiger partial charge in [-0.15, -0.1) is 0 Å². The lowest BCUT2D eigenvalue weighted by Crippen LogP contribution is -2.38. The van der Waals surface area contributed by atoms with Crippen molar-refractivity contribution in [2.24, 2.45) is 0 Å². The predicted octanol–water partition coefficient (Wildman–Crippen LogP) is 2.03. The smallest absolute Gasteiger partial charge is 0.226 e. The summed E-state index contributed by atoms with van der Waals surface area (Å²) in [6.45, 7) is 3.56. The molecule has 0 saturated carbocycles. The van der Waals surface area contributed by atoms with Crippen molar-refractivity contribution in [1.82, 2.24) is 19.7 Å². The number of nitrogens with zero attached hydrogens (tertiary/aromatic N) is 5. The molecule has 5 heterocycles. The van der Waals surface area contributed by atoms with E-state index >= 15 is 0 Å². The number of hydrogen-bond acceptors (Lipinski definition) is 6. The molecule has 3 aromatic rings. The van der Waals surface area contributed by atoms with Crippen LogP contribution in [0.15, 0.2) is 49.1 Å². The molecular formula is C21H22N6O2. The van der Waals surface area contributed by atoms with Gasteiger partial charge in [0.05, 0.1) is 26.0 Å². The van der Waals surface area contributed by atoms with Crippen LogP contribution in [0.1, 0.15) is 29.0 Å². The van der Waals surface area contributed by atoms with Crippen molar-refractivity contribution in [3.63, 3.8) is 0 Å². The number of anilines is 2. The quantitative estimate of drug-likeness (QED) is 0.734. The van der Waals surface area contributed by atoms with Crippen LogP contribution in [0.5, 0.6) is 0 Å². The van der Waals surface area contributed by atoms with Gasteiger partial charge in [0, 0.05) is 55.1 Å². The minimum absolute atomic E-state index is 0.00393. The first-order valence-electron chi connectivity index (χ1n) is 9.81. The third kappa shape index (κ3) is 3.47.